The Morgan fingerprint density at radius 3 is 2.70 bits per heavy atom. The second-order valence-electron chi connectivity index (χ2n) is 7.86. The molecule has 1 N–H and O–H groups in total. The fraction of sp³-hybridized carbons (Fsp3) is 0.318. The summed E-state index contributed by atoms with van der Waals surface area (Å²) in [6.45, 7) is 10.5. The molecule has 2 aromatic heterocycles. The molecule has 1 amide bonds. The summed E-state index contributed by atoms with van der Waals surface area (Å²) in [5, 5.41) is 14.0. The molecule has 5 nitrogen and oxygen atoms in total. The first-order chi connectivity index (χ1) is 14.3. The molecule has 3 aromatic rings. The third-order valence-corrected chi connectivity index (χ3v) is 6.38. The van der Waals surface area contributed by atoms with Gasteiger partial charge in [0.2, 0.25) is 5.91 Å². The highest BCUT2D eigenvalue weighted by Crippen LogP contribution is 2.35. The van der Waals surface area contributed by atoms with Crippen LogP contribution in [-0.4, -0.2) is 26.4 Å². The van der Waals surface area contributed by atoms with E-state index in [4.69, 9.17) is 0 Å². The molecule has 3 rings (SSSR count). The Kier molecular flexibility index (Phi) is 7.10. The molecule has 0 aliphatic carbocycles. The molecule has 0 aliphatic heterocycles. The number of hydrogen-bond acceptors (Lipinski definition) is 5. The van der Waals surface area contributed by atoms with Crippen molar-refractivity contribution in [3.63, 3.8) is 0 Å². The number of hydrogen-bond donors (Lipinski definition) is 1. The Labute approximate surface area is 184 Å². The van der Waals surface area contributed by atoms with Gasteiger partial charge in [0.1, 0.15) is 5.82 Å². The topological polar surface area (TPSA) is 59.8 Å². The normalized spacial score (nSPS) is 12.5. The average Bonchev–Trinajstić information content (AvgIpc) is 3.35. The van der Waals surface area contributed by atoms with Crippen LogP contribution in [0.15, 0.2) is 59.6 Å². The lowest BCUT2D eigenvalue weighted by molar-refractivity contribution is -0.120. The van der Waals surface area contributed by atoms with E-state index in [1.54, 1.807) is 40.2 Å². The number of carbonyl (C=O) groups excluding carboxylic acids is 1. The van der Waals surface area contributed by atoms with Crippen molar-refractivity contribution in [1.29, 1.82) is 0 Å². The Morgan fingerprint density at radius 1 is 1.30 bits per heavy atom. The third kappa shape index (κ3) is 5.17. The maximum atomic E-state index is 14.2. The predicted molar refractivity (Wildman–Crippen MR) is 121 cm³/mol. The van der Waals surface area contributed by atoms with Gasteiger partial charge in [0, 0.05) is 11.4 Å². The number of thiophene rings is 1. The van der Waals surface area contributed by atoms with Crippen molar-refractivity contribution in [2.45, 2.75) is 38.5 Å². The number of halogens is 1. The predicted octanol–water partition coefficient (Wildman–Crippen LogP) is 5.33. The highest BCUT2D eigenvalue weighted by atomic mass is 32.2. The number of nitrogens with zero attached hydrogens (tertiary/aromatic N) is 3. The number of carbonyl (C=O) groups is 1. The summed E-state index contributed by atoms with van der Waals surface area (Å²) in [6, 6.07) is 10.4. The van der Waals surface area contributed by atoms with E-state index in [0.717, 1.165) is 4.88 Å². The zero-order valence-corrected chi connectivity index (χ0v) is 18.9. The molecule has 0 radical (unpaired) electrons. The lowest BCUT2D eigenvalue weighted by Gasteiger charge is -2.30. The second kappa shape index (κ2) is 9.57. The van der Waals surface area contributed by atoms with E-state index in [1.807, 2.05) is 17.5 Å². The van der Waals surface area contributed by atoms with Crippen LogP contribution in [0.1, 0.15) is 31.7 Å². The van der Waals surface area contributed by atoms with E-state index >= 15 is 0 Å². The molecule has 0 fully saturated rings. The van der Waals surface area contributed by atoms with Gasteiger partial charge in [0.05, 0.1) is 17.4 Å². The van der Waals surface area contributed by atoms with Crippen molar-refractivity contribution in [2.24, 2.45) is 5.41 Å². The molecule has 2 heterocycles. The van der Waals surface area contributed by atoms with Gasteiger partial charge >= 0.3 is 0 Å². The van der Waals surface area contributed by atoms with Crippen LogP contribution in [0.3, 0.4) is 0 Å². The number of nitrogens with one attached hydrogen (secondary N) is 1. The molecule has 0 bridgehead atoms. The molecule has 0 saturated carbocycles. The molecule has 8 heteroatoms. The van der Waals surface area contributed by atoms with Crippen molar-refractivity contribution < 1.29 is 9.18 Å². The Bertz CT molecular complexity index is 1010. The molecule has 0 spiro atoms. The number of thioether (sulfide) groups is 1. The standard InChI is InChI=1S/C22H25FN4OS2/c1-5-12-27-20(15-9-6-7-10-16(15)23)25-26-21(27)30-14-18(28)24-19(22(2,3)4)17-11-8-13-29-17/h5-11,13,19H,1,12,14H2,2-4H3,(H,24,28). The number of allylic oxidation sites excluding steroid dienone is 1. The van der Waals surface area contributed by atoms with Crippen LogP contribution >= 0.6 is 23.1 Å². The monoisotopic (exact) mass is 444 g/mol. The van der Waals surface area contributed by atoms with Crippen molar-refractivity contribution in [1.82, 2.24) is 20.1 Å². The quantitative estimate of drug-likeness (QED) is 0.377. The number of benzene rings is 1. The minimum atomic E-state index is -0.367. The van der Waals surface area contributed by atoms with Crippen LogP contribution in [-0.2, 0) is 11.3 Å². The summed E-state index contributed by atoms with van der Waals surface area (Å²) >= 11 is 2.91. The Morgan fingerprint density at radius 2 is 2.07 bits per heavy atom. The summed E-state index contributed by atoms with van der Waals surface area (Å²) in [5.74, 6) is 0.147. The molecule has 1 atom stereocenters. The maximum absolute atomic E-state index is 14.2. The number of amides is 1. The van der Waals surface area contributed by atoms with E-state index in [0.29, 0.717) is 23.1 Å². The van der Waals surface area contributed by atoms with Crippen molar-refractivity contribution >= 4 is 29.0 Å². The van der Waals surface area contributed by atoms with Gasteiger partial charge in [-0.1, -0.05) is 56.8 Å². The smallest absolute Gasteiger partial charge is 0.231 e. The Hall–Kier alpha value is -2.45. The van der Waals surface area contributed by atoms with E-state index < -0.39 is 0 Å². The van der Waals surface area contributed by atoms with Gasteiger partial charge in [-0.15, -0.1) is 28.1 Å². The molecule has 1 unspecified atom stereocenters. The fourth-order valence-electron chi connectivity index (χ4n) is 3.03. The van der Waals surface area contributed by atoms with E-state index in [-0.39, 0.29) is 28.9 Å². The molecular weight excluding hydrogens is 419 g/mol. The third-order valence-electron chi connectivity index (χ3n) is 4.47. The van der Waals surface area contributed by atoms with Gasteiger partial charge < -0.3 is 5.32 Å². The van der Waals surface area contributed by atoms with Crippen molar-refractivity contribution in [3.05, 3.63) is 65.1 Å². The van der Waals surface area contributed by atoms with Gasteiger partial charge in [-0.05, 0) is 29.0 Å². The first-order valence-corrected chi connectivity index (χ1v) is 11.4. The highest BCUT2D eigenvalue weighted by Gasteiger charge is 2.29. The van der Waals surface area contributed by atoms with Crippen LogP contribution in [0.5, 0.6) is 0 Å². The zero-order valence-electron chi connectivity index (χ0n) is 17.3. The van der Waals surface area contributed by atoms with E-state index in [1.165, 1.54) is 17.8 Å². The SMILES string of the molecule is C=CCn1c(SCC(=O)NC(c2cccs2)C(C)(C)C)nnc1-c1ccccc1F. The van der Waals surface area contributed by atoms with Gasteiger partial charge in [0.15, 0.2) is 11.0 Å². The molecule has 158 valence electrons. The summed E-state index contributed by atoms with van der Waals surface area (Å²) < 4.78 is 16.0. The zero-order chi connectivity index (χ0) is 21.7. The summed E-state index contributed by atoms with van der Waals surface area (Å²) in [4.78, 5) is 13.8. The van der Waals surface area contributed by atoms with Gasteiger partial charge in [-0.3, -0.25) is 9.36 Å². The first-order valence-electron chi connectivity index (χ1n) is 9.56. The first kappa shape index (κ1) is 22.2. The Balaban J connectivity index is 1.74. The molecular formula is C22H25FN4OS2. The summed E-state index contributed by atoms with van der Waals surface area (Å²) in [5.41, 5.74) is 0.250. The summed E-state index contributed by atoms with van der Waals surface area (Å²) in [7, 11) is 0. The van der Waals surface area contributed by atoms with Crippen LogP contribution in [0.4, 0.5) is 4.39 Å². The molecule has 30 heavy (non-hydrogen) atoms. The lowest BCUT2D eigenvalue weighted by Crippen LogP contribution is -2.37. The van der Waals surface area contributed by atoms with Crippen LogP contribution in [0.2, 0.25) is 0 Å². The minimum Gasteiger partial charge on any atom is -0.347 e. The van der Waals surface area contributed by atoms with Crippen LogP contribution in [0.25, 0.3) is 11.4 Å². The van der Waals surface area contributed by atoms with Crippen LogP contribution in [0, 0.1) is 11.2 Å². The van der Waals surface area contributed by atoms with Gasteiger partial charge in [0.25, 0.3) is 0 Å². The largest absolute Gasteiger partial charge is 0.347 e. The van der Waals surface area contributed by atoms with E-state index in [9.17, 15) is 9.18 Å². The fourth-order valence-corrected chi connectivity index (χ4v) is 4.81. The van der Waals surface area contributed by atoms with Gasteiger partial charge in [-0.2, -0.15) is 0 Å². The minimum absolute atomic E-state index is 0.0781. The van der Waals surface area contributed by atoms with Gasteiger partial charge in [-0.25, -0.2) is 4.39 Å². The second-order valence-corrected chi connectivity index (χ2v) is 9.78. The average molecular weight is 445 g/mol. The molecule has 0 aliphatic rings. The lowest BCUT2D eigenvalue weighted by atomic mass is 9.86. The molecule has 0 saturated heterocycles. The number of rotatable bonds is 8. The maximum Gasteiger partial charge on any atom is 0.231 e. The molecule has 1 aromatic carbocycles. The van der Waals surface area contributed by atoms with E-state index in [2.05, 4.69) is 42.9 Å². The van der Waals surface area contributed by atoms with Crippen molar-refractivity contribution in [2.75, 3.05) is 5.75 Å². The summed E-state index contributed by atoms with van der Waals surface area (Å²) in [6.07, 6.45) is 1.70. The van der Waals surface area contributed by atoms with Crippen molar-refractivity contribution in [3.8, 4) is 11.4 Å². The van der Waals surface area contributed by atoms with Crippen LogP contribution < -0.4 is 5.32 Å². The number of aromatic nitrogens is 3. The highest BCUT2D eigenvalue weighted by molar-refractivity contribution is 7.99.